The number of nitrogen functional groups attached to an aromatic ring is 1. The summed E-state index contributed by atoms with van der Waals surface area (Å²) in [6.45, 7) is 0.280. The Morgan fingerprint density at radius 3 is 2.67 bits per heavy atom. The molecule has 0 fully saturated rings. The van der Waals surface area contributed by atoms with Crippen LogP contribution in [-0.4, -0.2) is 18.4 Å². The summed E-state index contributed by atoms with van der Waals surface area (Å²) < 4.78 is 13.3. The Hall–Kier alpha value is -2.15. The maximum absolute atomic E-state index is 13.3. The molecule has 6 N–H and O–H groups in total. The molecule has 0 radical (unpaired) electrons. The van der Waals surface area contributed by atoms with Crippen LogP contribution in [0.1, 0.15) is 23.2 Å². The smallest absolute Gasteiger partial charge is 0.253 e. The number of hydrogen-bond acceptors (Lipinski definition) is 4. The summed E-state index contributed by atoms with van der Waals surface area (Å²) in [6, 6.07) is 4.05. The Balaban J connectivity index is 2.61. The number of nitrogens with one attached hydrogen (secondary N) is 2. The molecule has 0 aliphatic heterocycles. The molecule has 2 amide bonds. The van der Waals surface area contributed by atoms with E-state index in [4.69, 9.17) is 11.6 Å². The van der Waals surface area contributed by atoms with Crippen molar-refractivity contribution in [1.29, 1.82) is 0 Å². The van der Waals surface area contributed by atoms with Gasteiger partial charge < -0.3 is 16.5 Å². The van der Waals surface area contributed by atoms with Crippen LogP contribution in [0.25, 0.3) is 0 Å². The molecule has 0 aliphatic rings. The lowest BCUT2D eigenvalue weighted by Crippen LogP contribution is -2.27. The van der Waals surface area contributed by atoms with E-state index in [-0.39, 0.29) is 24.2 Å². The van der Waals surface area contributed by atoms with Gasteiger partial charge in [-0.3, -0.25) is 15.4 Å². The Morgan fingerprint density at radius 2 is 2.06 bits per heavy atom. The largest absolute Gasteiger partial charge is 0.370 e. The lowest BCUT2D eigenvalue weighted by atomic mass is 10.1. The summed E-state index contributed by atoms with van der Waals surface area (Å²) >= 11 is 0. The van der Waals surface area contributed by atoms with Gasteiger partial charge in [0.1, 0.15) is 5.82 Å². The van der Waals surface area contributed by atoms with Crippen molar-refractivity contribution >= 4 is 17.5 Å². The van der Waals surface area contributed by atoms with Gasteiger partial charge in [-0.2, -0.15) is 0 Å². The molecule has 0 aliphatic carbocycles. The second kappa shape index (κ2) is 6.55. The van der Waals surface area contributed by atoms with Crippen LogP contribution < -0.4 is 22.3 Å². The van der Waals surface area contributed by atoms with Gasteiger partial charge in [0.05, 0.1) is 11.3 Å². The van der Waals surface area contributed by atoms with Crippen molar-refractivity contribution in [3.05, 3.63) is 29.6 Å². The van der Waals surface area contributed by atoms with E-state index in [2.05, 4.69) is 10.7 Å². The van der Waals surface area contributed by atoms with E-state index in [1.54, 1.807) is 0 Å². The summed E-state index contributed by atoms with van der Waals surface area (Å²) in [5.41, 5.74) is 7.14. The van der Waals surface area contributed by atoms with Gasteiger partial charge in [-0.15, -0.1) is 0 Å². The summed E-state index contributed by atoms with van der Waals surface area (Å²) in [4.78, 5) is 22.2. The second-order valence-electron chi connectivity index (χ2n) is 3.63. The molecule has 0 spiro atoms. The van der Waals surface area contributed by atoms with E-state index >= 15 is 0 Å². The van der Waals surface area contributed by atoms with Gasteiger partial charge in [-0.05, 0) is 18.6 Å². The van der Waals surface area contributed by atoms with E-state index in [1.807, 2.05) is 0 Å². The van der Waals surface area contributed by atoms with E-state index in [0.717, 1.165) is 0 Å². The van der Waals surface area contributed by atoms with Crippen LogP contribution in [0.4, 0.5) is 10.1 Å². The molecule has 7 heteroatoms. The van der Waals surface area contributed by atoms with Gasteiger partial charge in [0.25, 0.3) is 5.91 Å². The first-order valence-electron chi connectivity index (χ1n) is 5.38. The predicted octanol–water partition coefficient (Wildman–Crippen LogP) is 0.107. The first kappa shape index (κ1) is 13.9. The van der Waals surface area contributed by atoms with Crippen LogP contribution in [0.15, 0.2) is 18.2 Å². The lowest BCUT2D eigenvalue weighted by Gasteiger charge is -2.10. The minimum Gasteiger partial charge on any atom is -0.370 e. The van der Waals surface area contributed by atoms with E-state index in [9.17, 15) is 14.0 Å². The van der Waals surface area contributed by atoms with Crippen molar-refractivity contribution in [3.8, 4) is 0 Å². The van der Waals surface area contributed by atoms with Gasteiger partial charge in [0, 0.05) is 13.0 Å². The standard InChI is InChI=1S/C11H15FN4O2/c12-8-4-1-3-7(10(8)16-14)11(18)15-6-2-5-9(13)17/h1,3-4,16H,2,5-6,14H2,(H2,13,17)(H,15,18). The molecule has 0 saturated heterocycles. The van der Waals surface area contributed by atoms with Crippen LogP contribution in [0.2, 0.25) is 0 Å². The average molecular weight is 254 g/mol. The molecule has 98 valence electrons. The Labute approximate surface area is 103 Å². The summed E-state index contributed by atoms with van der Waals surface area (Å²) in [7, 11) is 0. The molecule has 6 nitrogen and oxygen atoms in total. The average Bonchev–Trinajstić information content (AvgIpc) is 2.33. The van der Waals surface area contributed by atoms with Crippen molar-refractivity contribution in [2.75, 3.05) is 12.0 Å². The molecule has 18 heavy (non-hydrogen) atoms. The highest BCUT2D eigenvalue weighted by Gasteiger charge is 2.13. The lowest BCUT2D eigenvalue weighted by molar-refractivity contribution is -0.118. The summed E-state index contributed by atoms with van der Waals surface area (Å²) in [5.74, 6) is 3.65. The number of primary amides is 1. The van der Waals surface area contributed by atoms with Crippen LogP contribution >= 0.6 is 0 Å². The number of halogens is 1. The molecule has 1 aromatic carbocycles. The minimum absolute atomic E-state index is 0.0649. The first-order chi connectivity index (χ1) is 8.56. The Bertz CT molecular complexity index is 451. The molecule has 1 rings (SSSR count). The van der Waals surface area contributed by atoms with E-state index in [1.165, 1.54) is 18.2 Å². The highest BCUT2D eigenvalue weighted by molar-refractivity contribution is 5.99. The van der Waals surface area contributed by atoms with Crippen LogP contribution in [0, 0.1) is 5.82 Å². The number of benzene rings is 1. The maximum atomic E-state index is 13.3. The van der Waals surface area contributed by atoms with Crippen molar-refractivity contribution in [2.24, 2.45) is 11.6 Å². The molecular formula is C11H15FN4O2. The molecule has 1 aromatic rings. The topological polar surface area (TPSA) is 110 Å². The molecule has 0 aromatic heterocycles. The highest BCUT2D eigenvalue weighted by atomic mass is 19.1. The fourth-order valence-electron chi connectivity index (χ4n) is 1.42. The second-order valence-corrected chi connectivity index (χ2v) is 3.63. The molecule has 0 bridgehead atoms. The van der Waals surface area contributed by atoms with Gasteiger partial charge in [-0.1, -0.05) is 6.07 Å². The van der Waals surface area contributed by atoms with Crippen molar-refractivity contribution in [2.45, 2.75) is 12.8 Å². The van der Waals surface area contributed by atoms with E-state index < -0.39 is 17.6 Å². The Morgan fingerprint density at radius 1 is 1.33 bits per heavy atom. The number of hydrazine groups is 1. The quantitative estimate of drug-likeness (QED) is 0.328. The number of hydrogen-bond donors (Lipinski definition) is 4. The van der Waals surface area contributed by atoms with Gasteiger partial charge in [0.15, 0.2) is 0 Å². The van der Waals surface area contributed by atoms with Crippen molar-refractivity contribution in [3.63, 3.8) is 0 Å². The number of para-hydroxylation sites is 1. The highest BCUT2D eigenvalue weighted by Crippen LogP contribution is 2.18. The molecule has 0 saturated carbocycles. The zero-order chi connectivity index (χ0) is 13.5. The predicted molar refractivity (Wildman–Crippen MR) is 65.0 cm³/mol. The third-order valence-corrected chi connectivity index (χ3v) is 2.29. The summed E-state index contributed by atoms with van der Waals surface area (Å²) in [5, 5.41) is 2.55. The fourth-order valence-corrected chi connectivity index (χ4v) is 1.42. The van der Waals surface area contributed by atoms with E-state index in [0.29, 0.717) is 6.42 Å². The number of amides is 2. The zero-order valence-corrected chi connectivity index (χ0v) is 9.70. The zero-order valence-electron chi connectivity index (χ0n) is 9.70. The minimum atomic E-state index is -0.609. The Kier molecular flexibility index (Phi) is 5.06. The van der Waals surface area contributed by atoms with Crippen molar-refractivity contribution < 1.29 is 14.0 Å². The van der Waals surface area contributed by atoms with Gasteiger partial charge in [0.2, 0.25) is 5.91 Å². The van der Waals surface area contributed by atoms with Gasteiger partial charge in [-0.25, -0.2) is 4.39 Å². The van der Waals surface area contributed by atoms with Crippen LogP contribution in [0.5, 0.6) is 0 Å². The van der Waals surface area contributed by atoms with Crippen molar-refractivity contribution in [1.82, 2.24) is 5.32 Å². The number of nitrogens with two attached hydrogens (primary N) is 2. The third-order valence-electron chi connectivity index (χ3n) is 2.29. The number of anilines is 1. The normalized spacial score (nSPS) is 9.89. The molecular weight excluding hydrogens is 239 g/mol. The monoisotopic (exact) mass is 254 g/mol. The first-order valence-corrected chi connectivity index (χ1v) is 5.38. The SMILES string of the molecule is NNc1c(F)cccc1C(=O)NCCCC(N)=O. The number of rotatable bonds is 6. The fraction of sp³-hybridized carbons (Fsp3) is 0.273. The number of carbonyl (C=O) groups excluding carboxylic acids is 2. The molecule has 0 atom stereocenters. The summed E-state index contributed by atoms with van der Waals surface area (Å²) in [6.07, 6.45) is 0.618. The van der Waals surface area contributed by atoms with Gasteiger partial charge >= 0.3 is 0 Å². The third kappa shape index (κ3) is 3.70. The maximum Gasteiger partial charge on any atom is 0.253 e. The molecule has 0 heterocycles. The molecule has 0 unspecified atom stereocenters. The van der Waals surface area contributed by atoms with Crippen LogP contribution in [0.3, 0.4) is 0 Å². The van der Waals surface area contributed by atoms with Crippen LogP contribution in [-0.2, 0) is 4.79 Å². The number of carbonyl (C=O) groups is 2.